The second-order valence-electron chi connectivity index (χ2n) is 7.16. The molecular formula is C22H24ClN3O4. The van der Waals surface area contributed by atoms with E-state index in [9.17, 15) is 14.7 Å². The first-order valence-corrected chi connectivity index (χ1v) is 9.98. The van der Waals surface area contributed by atoms with Crippen molar-refractivity contribution in [2.24, 2.45) is 0 Å². The maximum Gasteiger partial charge on any atom is 0.295 e. The van der Waals surface area contributed by atoms with E-state index in [4.69, 9.17) is 16.3 Å². The number of aliphatic hydroxyl groups is 1. The van der Waals surface area contributed by atoms with Gasteiger partial charge in [0, 0.05) is 31.0 Å². The van der Waals surface area contributed by atoms with Crippen molar-refractivity contribution in [1.29, 1.82) is 0 Å². The van der Waals surface area contributed by atoms with E-state index < -0.39 is 17.7 Å². The van der Waals surface area contributed by atoms with Gasteiger partial charge in [-0.15, -0.1) is 0 Å². The Labute approximate surface area is 180 Å². The van der Waals surface area contributed by atoms with Crippen LogP contribution in [0.3, 0.4) is 0 Å². The lowest BCUT2D eigenvalue weighted by molar-refractivity contribution is -0.140. The number of aliphatic hydroxyl groups excluding tert-OH is 1. The molecule has 1 fully saturated rings. The molecule has 1 N–H and O–H groups in total. The Balaban J connectivity index is 2.10. The molecule has 1 aromatic heterocycles. The van der Waals surface area contributed by atoms with Crippen LogP contribution in [0, 0.1) is 0 Å². The predicted octanol–water partition coefficient (Wildman–Crippen LogP) is 3.12. The van der Waals surface area contributed by atoms with Crippen molar-refractivity contribution in [3.63, 3.8) is 0 Å². The summed E-state index contributed by atoms with van der Waals surface area (Å²) in [6.45, 7) is 3.19. The molecule has 1 atom stereocenters. The van der Waals surface area contributed by atoms with E-state index in [1.807, 2.05) is 25.9 Å². The number of halogens is 1. The van der Waals surface area contributed by atoms with Crippen LogP contribution in [0.4, 0.5) is 0 Å². The summed E-state index contributed by atoms with van der Waals surface area (Å²) >= 11 is 6.25. The van der Waals surface area contributed by atoms with Gasteiger partial charge in [-0.05, 0) is 50.8 Å². The standard InChI is InChI=1S/C22H24ClN3O4/c1-4-30-17-8-7-14(12-16(17)23)20(27)18-19(15-6-5-9-24-13-15)26(11-10-25(2)3)22(29)21(18)28/h5-9,12-13,19,27H,4,10-11H2,1-3H3/b20-18+/t19-/m1/s1. The van der Waals surface area contributed by atoms with E-state index in [1.165, 1.54) is 11.0 Å². The van der Waals surface area contributed by atoms with Crippen LogP contribution >= 0.6 is 11.6 Å². The van der Waals surface area contributed by atoms with Crippen LogP contribution in [0.2, 0.25) is 5.02 Å². The minimum atomic E-state index is -0.732. The van der Waals surface area contributed by atoms with E-state index in [0.29, 0.717) is 41.6 Å². The molecule has 1 saturated heterocycles. The lowest BCUT2D eigenvalue weighted by Crippen LogP contribution is -2.35. The third-order valence-corrected chi connectivity index (χ3v) is 5.13. The van der Waals surface area contributed by atoms with Crippen LogP contribution in [0.5, 0.6) is 5.75 Å². The first-order valence-electron chi connectivity index (χ1n) is 9.61. The zero-order valence-corrected chi connectivity index (χ0v) is 17.9. The van der Waals surface area contributed by atoms with E-state index in [2.05, 4.69) is 4.98 Å². The van der Waals surface area contributed by atoms with Gasteiger partial charge in [-0.2, -0.15) is 0 Å². The number of nitrogens with zero attached hydrogens (tertiary/aromatic N) is 3. The second kappa shape index (κ2) is 9.28. The zero-order valence-electron chi connectivity index (χ0n) is 17.1. The quantitative estimate of drug-likeness (QED) is 0.413. The molecule has 7 nitrogen and oxygen atoms in total. The van der Waals surface area contributed by atoms with Gasteiger partial charge in [0.2, 0.25) is 0 Å². The number of hydrogen-bond donors (Lipinski definition) is 1. The number of amides is 1. The van der Waals surface area contributed by atoms with Crippen molar-refractivity contribution in [2.45, 2.75) is 13.0 Å². The third kappa shape index (κ3) is 4.32. The van der Waals surface area contributed by atoms with E-state index >= 15 is 0 Å². The number of carbonyl (C=O) groups excluding carboxylic acids is 2. The number of rotatable bonds is 7. The second-order valence-corrected chi connectivity index (χ2v) is 7.57. The highest BCUT2D eigenvalue weighted by atomic mass is 35.5. The molecule has 0 unspecified atom stereocenters. The molecule has 30 heavy (non-hydrogen) atoms. The first kappa shape index (κ1) is 21.8. The molecular weight excluding hydrogens is 406 g/mol. The molecule has 2 heterocycles. The Morgan fingerprint density at radius 3 is 2.67 bits per heavy atom. The summed E-state index contributed by atoms with van der Waals surface area (Å²) in [4.78, 5) is 33.2. The van der Waals surface area contributed by atoms with Crippen molar-refractivity contribution < 1.29 is 19.4 Å². The highest BCUT2D eigenvalue weighted by Crippen LogP contribution is 2.39. The maximum atomic E-state index is 12.9. The number of carbonyl (C=O) groups is 2. The summed E-state index contributed by atoms with van der Waals surface area (Å²) in [5.74, 6) is -1.18. The number of pyridine rings is 1. The lowest BCUT2D eigenvalue weighted by atomic mass is 9.96. The van der Waals surface area contributed by atoms with Crippen LogP contribution in [-0.2, 0) is 9.59 Å². The fourth-order valence-corrected chi connectivity index (χ4v) is 3.61. The van der Waals surface area contributed by atoms with Gasteiger partial charge in [0.25, 0.3) is 11.7 Å². The average Bonchev–Trinajstić information content (AvgIpc) is 2.98. The molecule has 0 radical (unpaired) electrons. The Morgan fingerprint density at radius 1 is 1.30 bits per heavy atom. The molecule has 3 rings (SSSR count). The number of likely N-dealkylation sites (N-methyl/N-ethyl adjacent to an activating group) is 1. The van der Waals surface area contributed by atoms with Crippen molar-refractivity contribution in [1.82, 2.24) is 14.8 Å². The monoisotopic (exact) mass is 429 g/mol. The van der Waals surface area contributed by atoms with Gasteiger partial charge in [-0.3, -0.25) is 14.6 Å². The van der Waals surface area contributed by atoms with Crippen LogP contribution < -0.4 is 4.74 Å². The van der Waals surface area contributed by atoms with Crippen LogP contribution in [0.1, 0.15) is 24.1 Å². The molecule has 158 valence electrons. The molecule has 1 aromatic carbocycles. The molecule has 0 bridgehead atoms. The van der Waals surface area contributed by atoms with E-state index in [0.717, 1.165) is 0 Å². The molecule has 1 amide bonds. The van der Waals surface area contributed by atoms with Gasteiger partial charge >= 0.3 is 0 Å². The van der Waals surface area contributed by atoms with Crippen LogP contribution in [0.25, 0.3) is 5.76 Å². The Morgan fingerprint density at radius 2 is 2.07 bits per heavy atom. The number of ketones is 1. The van der Waals surface area contributed by atoms with Gasteiger partial charge in [-0.1, -0.05) is 17.7 Å². The smallest absolute Gasteiger partial charge is 0.295 e. The SMILES string of the molecule is CCOc1ccc(/C(O)=C2\C(=O)C(=O)N(CCN(C)C)[C@@H]2c2cccnc2)cc1Cl. The fraction of sp³-hybridized carbons (Fsp3) is 0.318. The van der Waals surface area contributed by atoms with Gasteiger partial charge in [0.05, 0.1) is 23.2 Å². The predicted molar refractivity (Wildman–Crippen MR) is 114 cm³/mol. The summed E-state index contributed by atoms with van der Waals surface area (Å²) < 4.78 is 5.43. The maximum absolute atomic E-state index is 12.9. The normalized spacial score (nSPS) is 18.3. The van der Waals surface area contributed by atoms with Gasteiger partial charge in [-0.25, -0.2) is 0 Å². The molecule has 8 heteroatoms. The molecule has 0 spiro atoms. The van der Waals surface area contributed by atoms with Gasteiger partial charge in [0.1, 0.15) is 11.5 Å². The summed E-state index contributed by atoms with van der Waals surface area (Å²) in [5.41, 5.74) is 1.00. The number of benzene rings is 1. The summed E-state index contributed by atoms with van der Waals surface area (Å²) in [6, 6.07) is 7.54. The topological polar surface area (TPSA) is 83.0 Å². The number of Topliss-reactive ketones (excluding diaryl/α,β-unsaturated/α-hetero) is 1. The highest BCUT2D eigenvalue weighted by Gasteiger charge is 2.46. The number of likely N-dealkylation sites (tertiary alicyclic amines) is 1. The largest absolute Gasteiger partial charge is 0.507 e. The molecule has 1 aliphatic rings. The van der Waals surface area contributed by atoms with Gasteiger partial charge in [0.15, 0.2) is 0 Å². The first-order chi connectivity index (χ1) is 14.3. The summed E-state index contributed by atoms with van der Waals surface area (Å²) in [6.07, 6.45) is 3.21. The number of hydrogen-bond acceptors (Lipinski definition) is 6. The Bertz CT molecular complexity index is 976. The zero-order chi connectivity index (χ0) is 21.8. The minimum Gasteiger partial charge on any atom is -0.507 e. The van der Waals surface area contributed by atoms with Crippen molar-refractivity contribution in [2.75, 3.05) is 33.8 Å². The average molecular weight is 430 g/mol. The fourth-order valence-electron chi connectivity index (χ4n) is 3.38. The van der Waals surface area contributed by atoms with Crippen molar-refractivity contribution in [3.8, 4) is 5.75 Å². The van der Waals surface area contributed by atoms with Crippen molar-refractivity contribution in [3.05, 3.63) is 64.4 Å². The molecule has 1 aliphatic heterocycles. The Kier molecular flexibility index (Phi) is 6.74. The summed E-state index contributed by atoms with van der Waals surface area (Å²) in [5, 5.41) is 11.3. The molecule has 0 aliphatic carbocycles. The third-order valence-electron chi connectivity index (χ3n) is 4.83. The van der Waals surface area contributed by atoms with E-state index in [1.54, 1.807) is 36.7 Å². The number of ether oxygens (including phenoxy) is 1. The van der Waals surface area contributed by atoms with E-state index in [-0.39, 0.29) is 11.3 Å². The molecule has 2 aromatic rings. The Hall–Kier alpha value is -2.90. The molecule has 0 saturated carbocycles. The lowest BCUT2D eigenvalue weighted by Gasteiger charge is -2.26. The van der Waals surface area contributed by atoms with Crippen molar-refractivity contribution >= 4 is 29.1 Å². The minimum absolute atomic E-state index is 0.0204. The van der Waals surface area contributed by atoms with Crippen LogP contribution in [0.15, 0.2) is 48.3 Å². The van der Waals surface area contributed by atoms with Gasteiger partial charge < -0.3 is 19.6 Å². The highest BCUT2D eigenvalue weighted by molar-refractivity contribution is 6.46. The van der Waals surface area contributed by atoms with Crippen LogP contribution in [-0.4, -0.2) is 65.4 Å². The number of aromatic nitrogens is 1. The summed E-state index contributed by atoms with van der Waals surface area (Å²) in [7, 11) is 3.77.